The molecule has 1 amide bonds. The third-order valence-electron chi connectivity index (χ3n) is 5.73. The molecule has 31 heavy (non-hydrogen) atoms. The summed E-state index contributed by atoms with van der Waals surface area (Å²) in [5, 5.41) is 4.24. The van der Waals surface area contributed by atoms with Crippen LogP contribution in [0.3, 0.4) is 0 Å². The lowest BCUT2D eigenvalue weighted by Crippen LogP contribution is -2.43. The lowest BCUT2D eigenvalue weighted by molar-refractivity contribution is -0.133. The van der Waals surface area contributed by atoms with Crippen LogP contribution in [0, 0.1) is 25.6 Å². The average Bonchev–Trinajstić information content (AvgIpc) is 3.10. The molecule has 6 nitrogen and oxygen atoms in total. The largest absolute Gasteiger partial charge is 0.340 e. The summed E-state index contributed by atoms with van der Waals surface area (Å²) < 4.78 is 16.3. The number of amides is 1. The zero-order chi connectivity index (χ0) is 22.0. The first-order valence-electron chi connectivity index (χ1n) is 10.5. The van der Waals surface area contributed by atoms with E-state index in [0.29, 0.717) is 42.3 Å². The molecule has 1 aliphatic rings. The number of hydrogen-bond acceptors (Lipinski definition) is 4. The van der Waals surface area contributed by atoms with E-state index in [-0.39, 0.29) is 24.2 Å². The molecule has 0 aliphatic carbocycles. The van der Waals surface area contributed by atoms with Crippen LogP contribution in [-0.4, -0.2) is 44.4 Å². The zero-order valence-electron chi connectivity index (χ0n) is 17.7. The Balaban J connectivity index is 1.45. The first kappa shape index (κ1) is 20.9. The van der Waals surface area contributed by atoms with Gasteiger partial charge >= 0.3 is 0 Å². The van der Waals surface area contributed by atoms with Crippen LogP contribution in [0.2, 0.25) is 0 Å². The van der Waals surface area contributed by atoms with E-state index in [1.165, 1.54) is 6.07 Å². The molecule has 7 heteroatoms. The molecule has 1 atom stereocenters. The number of ketones is 1. The van der Waals surface area contributed by atoms with Gasteiger partial charge < -0.3 is 4.90 Å². The number of nitrogens with zero attached hydrogens (tertiary/aromatic N) is 4. The van der Waals surface area contributed by atoms with Crippen molar-refractivity contribution in [1.29, 1.82) is 0 Å². The predicted octanol–water partition coefficient (Wildman–Crippen LogP) is 3.82. The fraction of sp³-hybridized carbons (Fsp3) is 0.333. The van der Waals surface area contributed by atoms with Crippen LogP contribution in [0.1, 0.15) is 34.8 Å². The van der Waals surface area contributed by atoms with Crippen molar-refractivity contribution in [1.82, 2.24) is 19.7 Å². The van der Waals surface area contributed by atoms with E-state index < -0.39 is 5.82 Å². The molecule has 4 rings (SSSR count). The van der Waals surface area contributed by atoms with Gasteiger partial charge in [-0.05, 0) is 38.3 Å². The molecule has 1 aromatic heterocycles. The molecule has 1 aliphatic heterocycles. The van der Waals surface area contributed by atoms with E-state index >= 15 is 0 Å². The van der Waals surface area contributed by atoms with Gasteiger partial charge in [-0.2, -0.15) is 5.10 Å². The minimum Gasteiger partial charge on any atom is -0.340 e. The Morgan fingerprint density at radius 3 is 2.58 bits per heavy atom. The van der Waals surface area contributed by atoms with E-state index in [2.05, 4.69) is 10.1 Å². The fourth-order valence-electron chi connectivity index (χ4n) is 4.11. The van der Waals surface area contributed by atoms with Crippen LogP contribution in [0.25, 0.3) is 11.1 Å². The molecule has 1 fully saturated rings. The minimum absolute atomic E-state index is 0.0869. The number of likely N-dealkylation sites (tertiary alicyclic amines) is 1. The Hall–Kier alpha value is -3.35. The molecule has 0 bridgehead atoms. The van der Waals surface area contributed by atoms with Crippen LogP contribution < -0.4 is 0 Å². The molecule has 2 heterocycles. The SMILES string of the molecule is Cc1nc(C)n(CC(=O)N2CCC[C@H](C(=O)c3ccc(-c4ccccc4)c(F)c3)C2)n1. The second kappa shape index (κ2) is 8.79. The Morgan fingerprint density at radius 2 is 1.90 bits per heavy atom. The lowest BCUT2D eigenvalue weighted by atomic mass is 9.89. The van der Waals surface area contributed by atoms with Crippen molar-refractivity contribution in [2.24, 2.45) is 5.92 Å². The van der Waals surface area contributed by atoms with Gasteiger partial charge in [0.25, 0.3) is 0 Å². The highest BCUT2D eigenvalue weighted by Crippen LogP contribution is 2.26. The van der Waals surface area contributed by atoms with Crippen LogP contribution in [0.4, 0.5) is 4.39 Å². The van der Waals surface area contributed by atoms with Gasteiger partial charge in [0.15, 0.2) is 5.78 Å². The molecular weight excluding hydrogens is 395 g/mol. The van der Waals surface area contributed by atoms with Crippen molar-refractivity contribution in [3.05, 3.63) is 71.6 Å². The Morgan fingerprint density at radius 1 is 1.13 bits per heavy atom. The summed E-state index contributed by atoms with van der Waals surface area (Å²) in [6, 6.07) is 13.9. The highest BCUT2D eigenvalue weighted by molar-refractivity contribution is 5.98. The first-order chi connectivity index (χ1) is 14.9. The van der Waals surface area contributed by atoms with Crippen molar-refractivity contribution in [3.63, 3.8) is 0 Å². The normalized spacial score (nSPS) is 16.4. The molecule has 0 unspecified atom stereocenters. The highest BCUT2D eigenvalue weighted by atomic mass is 19.1. The van der Waals surface area contributed by atoms with Crippen molar-refractivity contribution in [2.75, 3.05) is 13.1 Å². The molecule has 2 aromatic carbocycles. The molecular formula is C24H25FN4O2. The van der Waals surface area contributed by atoms with E-state index in [9.17, 15) is 14.0 Å². The van der Waals surface area contributed by atoms with Crippen molar-refractivity contribution < 1.29 is 14.0 Å². The summed E-state index contributed by atoms with van der Waals surface area (Å²) in [7, 11) is 0. The predicted molar refractivity (Wildman–Crippen MR) is 115 cm³/mol. The van der Waals surface area contributed by atoms with E-state index in [4.69, 9.17) is 0 Å². The van der Waals surface area contributed by atoms with Gasteiger partial charge in [-0.1, -0.05) is 42.5 Å². The van der Waals surface area contributed by atoms with Gasteiger partial charge in [0.05, 0.1) is 0 Å². The van der Waals surface area contributed by atoms with Gasteiger partial charge in [0, 0.05) is 30.1 Å². The summed E-state index contributed by atoms with van der Waals surface area (Å²) in [6.07, 6.45) is 1.42. The van der Waals surface area contributed by atoms with Crippen LogP contribution in [0.15, 0.2) is 48.5 Å². The number of aryl methyl sites for hydroxylation is 2. The van der Waals surface area contributed by atoms with Gasteiger partial charge in [0.1, 0.15) is 24.0 Å². The van der Waals surface area contributed by atoms with Gasteiger partial charge in [-0.25, -0.2) is 14.1 Å². The molecule has 0 radical (unpaired) electrons. The van der Waals surface area contributed by atoms with E-state index in [1.54, 1.807) is 28.6 Å². The van der Waals surface area contributed by atoms with Crippen molar-refractivity contribution in [3.8, 4) is 11.1 Å². The van der Waals surface area contributed by atoms with Crippen LogP contribution in [-0.2, 0) is 11.3 Å². The van der Waals surface area contributed by atoms with Crippen molar-refractivity contribution >= 4 is 11.7 Å². The van der Waals surface area contributed by atoms with E-state index in [1.807, 2.05) is 37.3 Å². The first-order valence-corrected chi connectivity index (χ1v) is 10.5. The van der Waals surface area contributed by atoms with Crippen molar-refractivity contribution in [2.45, 2.75) is 33.2 Å². The molecule has 0 N–H and O–H groups in total. The van der Waals surface area contributed by atoms with Gasteiger partial charge in [-0.15, -0.1) is 0 Å². The maximum absolute atomic E-state index is 14.7. The maximum atomic E-state index is 14.7. The Bertz CT molecular complexity index is 1110. The number of carbonyl (C=O) groups excluding carboxylic acids is 2. The highest BCUT2D eigenvalue weighted by Gasteiger charge is 2.29. The number of hydrogen-bond donors (Lipinski definition) is 0. The molecule has 0 saturated carbocycles. The third kappa shape index (κ3) is 4.55. The molecule has 3 aromatic rings. The number of benzene rings is 2. The lowest BCUT2D eigenvalue weighted by Gasteiger charge is -2.32. The number of piperidine rings is 1. The van der Waals surface area contributed by atoms with Crippen LogP contribution >= 0.6 is 0 Å². The number of aromatic nitrogens is 3. The van der Waals surface area contributed by atoms with Crippen LogP contribution in [0.5, 0.6) is 0 Å². The third-order valence-corrected chi connectivity index (χ3v) is 5.73. The second-order valence-electron chi connectivity index (χ2n) is 7.97. The topological polar surface area (TPSA) is 68.1 Å². The summed E-state index contributed by atoms with van der Waals surface area (Å²) in [6.45, 7) is 4.65. The number of carbonyl (C=O) groups is 2. The molecule has 1 saturated heterocycles. The quantitative estimate of drug-likeness (QED) is 0.589. The number of Topliss-reactive ketones (excluding diaryl/α,β-unsaturated/α-hetero) is 1. The number of rotatable bonds is 5. The maximum Gasteiger partial charge on any atom is 0.244 e. The van der Waals surface area contributed by atoms with E-state index in [0.717, 1.165) is 12.0 Å². The second-order valence-corrected chi connectivity index (χ2v) is 7.97. The Kier molecular flexibility index (Phi) is 5.93. The van der Waals surface area contributed by atoms with Gasteiger partial charge in [-0.3, -0.25) is 9.59 Å². The summed E-state index contributed by atoms with van der Waals surface area (Å²) in [5.74, 6) is 0.346. The summed E-state index contributed by atoms with van der Waals surface area (Å²) in [5.41, 5.74) is 1.59. The summed E-state index contributed by atoms with van der Waals surface area (Å²) >= 11 is 0. The smallest absolute Gasteiger partial charge is 0.244 e. The summed E-state index contributed by atoms with van der Waals surface area (Å²) in [4.78, 5) is 31.7. The average molecular weight is 420 g/mol. The molecule has 0 spiro atoms. The zero-order valence-corrected chi connectivity index (χ0v) is 17.7. The molecule has 160 valence electrons. The fourth-order valence-corrected chi connectivity index (χ4v) is 4.11. The number of halogens is 1. The minimum atomic E-state index is -0.419. The standard InChI is InChI=1S/C24H25FN4O2/c1-16-26-17(2)29(27-16)15-23(30)28-12-6-9-20(14-28)24(31)19-10-11-21(22(25)13-19)18-7-4-3-5-8-18/h3-5,7-8,10-11,13,20H,6,9,12,14-15H2,1-2H3/t20-/m0/s1. The van der Waals surface area contributed by atoms with Gasteiger partial charge in [0.2, 0.25) is 5.91 Å². The monoisotopic (exact) mass is 420 g/mol. The Labute approximate surface area is 180 Å².